The minimum atomic E-state index is -0.494. The van der Waals surface area contributed by atoms with Gasteiger partial charge in [0.1, 0.15) is 11.3 Å². The Labute approximate surface area is 162 Å². The first-order valence-corrected chi connectivity index (χ1v) is 9.15. The van der Waals surface area contributed by atoms with E-state index in [9.17, 15) is 9.59 Å². The SMILES string of the molecule is COCCCN1C(=O)c2oc3ccccc3c(=O)c2C1c1ccc(OC)cc1. The molecule has 2 aromatic carbocycles. The number of ether oxygens (including phenoxy) is 2. The zero-order chi connectivity index (χ0) is 19.7. The van der Waals surface area contributed by atoms with Crippen molar-refractivity contribution < 1.29 is 18.7 Å². The van der Waals surface area contributed by atoms with E-state index in [4.69, 9.17) is 13.9 Å². The van der Waals surface area contributed by atoms with Gasteiger partial charge in [-0.3, -0.25) is 9.59 Å². The van der Waals surface area contributed by atoms with E-state index < -0.39 is 6.04 Å². The van der Waals surface area contributed by atoms with Crippen LogP contribution >= 0.6 is 0 Å². The highest BCUT2D eigenvalue weighted by Gasteiger charge is 2.42. The fourth-order valence-electron chi connectivity index (χ4n) is 3.71. The standard InChI is InChI=1S/C22H21NO5/c1-26-13-5-12-23-19(14-8-10-15(27-2)11-9-14)18-20(24)16-6-3-4-7-17(16)28-21(18)22(23)25/h3-4,6-11,19H,5,12-13H2,1-2H3. The van der Waals surface area contributed by atoms with E-state index in [0.717, 1.165) is 5.56 Å². The molecule has 1 aromatic heterocycles. The van der Waals surface area contributed by atoms with E-state index in [-0.39, 0.29) is 17.1 Å². The van der Waals surface area contributed by atoms with Crippen LogP contribution in [0.25, 0.3) is 11.0 Å². The molecule has 1 aliphatic heterocycles. The number of carbonyl (C=O) groups excluding carboxylic acids is 1. The van der Waals surface area contributed by atoms with Crippen LogP contribution in [-0.2, 0) is 4.74 Å². The highest BCUT2D eigenvalue weighted by Crippen LogP contribution is 2.38. The van der Waals surface area contributed by atoms with Crippen LogP contribution in [0.3, 0.4) is 0 Å². The van der Waals surface area contributed by atoms with Crippen molar-refractivity contribution in [1.29, 1.82) is 0 Å². The van der Waals surface area contributed by atoms with Crippen LogP contribution in [0.1, 0.15) is 34.1 Å². The second-order valence-electron chi connectivity index (χ2n) is 6.69. The van der Waals surface area contributed by atoms with Gasteiger partial charge in [-0.25, -0.2) is 0 Å². The number of para-hydroxylation sites is 1. The molecule has 144 valence electrons. The zero-order valence-electron chi connectivity index (χ0n) is 15.8. The van der Waals surface area contributed by atoms with E-state index in [1.54, 1.807) is 43.4 Å². The molecule has 4 rings (SSSR count). The first kappa shape index (κ1) is 18.3. The molecule has 0 bridgehead atoms. The van der Waals surface area contributed by atoms with Gasteiger partial charge in [0.2, 0.25) is 5.76 Å². The molecule has 0 saturated heterocycles. The molecule has 1 unspecified atom stereocenters. The first-order chi connectivity index (χ1) is 13.7. The van der Waals surface area contributed by atoms with Crippen LogP contribution in [0.4, 0.5) is 0 Å². The Morgan fingerprint density at radius 2 is 1.79 bits per heavy atom. The second kappa shape index (κ2) is 7.48. The maximum absolute atomic E-state index is 13.3. The summed E-state index contributed by atoms with van der Waals surface area (Å²) < 4.78 is 16.2. The molecule has 6 nitrogen and oxygen atoms in total. The third kappa shape index (κ3) is 2.96. The van der Waals surface area contributed by atoms with Crippen molar-refractivity contribution in [2.75, 3.05) is 27.4 Å². The number of benzene rings is 2. The van der Waals surface area contributed by atoms with Gasteiger partial charge < -0.3 is 18.8 Å². The van der Waals surface area contributed by atoms with Gasteiger partial charge in [-0.1, -0.05) is 24.3 Å². The Hall–Kier alpha value is -3.12. The fourth-order valence-corrected chi connectivity index (χ4v) is 3.71. The lowest BCUT2D eigenvalue weighted by Crippen LogP contribution is -2.31. The first-order valence-electron chi connectivity index (χ1n) is 9.15. The summed E-state index contributed by atoms with van der Waals surface area (Å²) in [5.41, 5.74) is 1.49. The Bertz CT molecular complexity index is 1070. The molecule has 6 heteroatoms. The van der Waals surface area contributed by atoms with E-state index in [1.807, 2.05) is 24.3 Å². The summed E-state index contributed by atoms with van der Waals surface area (Å²) in [6, 6.07) is 13.9. The number of hydrogen-bond acceptors (Lipinski definition) is 5. The summed E-state index contributed by atoms with van der Waals surface area (Å²) in [4.78, 5) is 28.1. The summed E-state index contributed by atoms with van der Waals surface area (Å²) >= 11 is 0. The van der Waals surface area contributed by atoms with Gasteiger partial charge >= 0.3 is 0 Å². The van der Waals surface area contributed by atoms with Crippen molar-refractivity contribution >= 4 is 16.9 Å². The third-order valence-electron chi connectivity index (χ3n) is 5.05. The summed E-state index contributed by atoms with van der Waals surface area (Å²) in [5.74, 6) is 0.571. The maximum Gasteiger partial charge on any atom is 0.290 e. The fraction of sp³-hybridized carbons (Fsp3) is 0.273. The number of carbonyl (C=O) groups is 1. The van der Waals surface area contributed by atoms with Crippen LogP contribution in [0.15, 0.2) is 57.7 Å². The largest absolute Gasteiger partial charge is 0.497 e. The number of fused-ring (bicyclic) bond motifs is 2. The van der Waals surface area contributed by atoms with Gasteiger partial charge in [-0.05, 0) is 36.2 Å². The molecule has 1 amide bonds. The van der Waals surface area contributed by atoms with Crippen LogP contribution < -0.4 is 10.2 Å². The van der Waals surface area contributed by atoms with Crippen molar-refractivity contribution in [1.82, 2.24) is 4.90 Å². The molecule has 1 atom stereocenters. The molecular formula is C22H21NO5. The molecule has 0 fully saturated rings. The predicted molar refractivity (Wildman–Crippen MR) is 105 cm³/mol. The van der Waals surface area contributed by atoms with Crippen LogP contribution in [0.5, 0.6) is 5.75 Å². The predicted octanol–water partition coefficient (Wildman–Crippen LogP) is 3.38. The number of hydrogen-bond donors (Lipinski definition) is 0. The Balaban J connectivity index is 1.88. The average molecular weight is 379 g/mol. The molecule has 28 heavy (non-hydrogen) atoms. The third-order valence-corrected chi connectivity index (χ3v) is 5.05. The molecular weight excluding hydrogens is 358 g/mol. The lowest BCUT2D eigenvalue weighted by molar-refractivity contribution is 0.0708. The van der Waals surface area contributed by atoms with Crippen molar-refractivity contribution in [2.24, 2.45) is 0 Å². The van der Waals surface area contributed by atoms with E-state index in [0.29, 0.717) is 41.9 Å². The second-order valence-corrected chi connectivity index (χ2v) is 6.69. The summed E-state index contributed by atoms with van der Waals surface area (Å²) in [7, 11) is 3.22. The number of nitrogens with zero attached hydrogens (tertiary/aromatic N) is 1. The minimum Gasteiger partial charge on any atom is -0.497 e. The van der Waals surface area contributed by atoms with E-state index in [2.05, 4.69) is 0 Å². The van der Waals surface area contributed by atoms with E-state index >= 15 is 0 Å². The maximum atomic E-state index is 13.3. The van der Waals surface area contributed by atoms with Gasteiger partial charge in [-0.2, -0.15) is 0 Å². The van der Waals surface area contributed by atoms with Crippen molar-refractivity contribution in [3.8, 4) is 5.75 Å². The smallest absolute Gasteiger partial charge is 0.290 e. The highest BCUT2D eigenvalue weighted by atomic mass is 16.5. The topological polar surface area (TPSA) is 69.0 Å². The van der Waals surface area contributed by atoms with Gasteiger partial charge in [0, 0.05) is 20.3 Å². The molecule has 2 heterocycles. The van der Waals surface area contributed by atoms with E-state index in [1.165, 1.54) is 0 Å². The van der Waals surface area contributed by atoms with Crippen molar-refractivity contribution in [3.05, 3.63) is 75.6 Å². The average Bonchev–Trinajstić information content (AvgIpc) is 3.01. The van der Waals surface area contributed by atoms with Crippen molar-refractivity contribution in [2.45, 2.75) is 12.5 Å². The summed E-state index contributed by atoms with van der Waals surface area (Å²) in [6.07, 6.45) is 0.663. The minimum absolute atomic E-state index is 0.127. The van der Waals surface area contributed by atoms with Gasteiger partial charge in [0.05, 0.1) is 24.1 Å². The Morgan fingerprint density at radius 3 is 2.50 bits per heavy atom. The number of methoxy groups -OCH3 is 2. The molecule has 3 aromatic rings. The lowest BCUT2D eigenvalue weighted by atomic mass is 9.98. The quantitative estimate of drug-likeness (QED) is 0.614. The van der Waals surface area contributed by atoms with Gasteiger partial charge in [0.25, 0.3) is 5.91 Å². The lowest BCUT2D eigenvalue weighted by Gasteiger charge is -2.25. The number of amides is 1. The van der Waals surface area contributed by atoms with Gasteiger partial charge in [0.15, 0.2) is 5.43 Å². The summed E-state index contributed by atoms with van der Waals surface area (Å²) in [5, 5.41) is 0.478. The van der Waals surface area contributed by atoms with Gasteiger partial charge in [-0.15, -0.1) is 0 Å². The van der Waals surface area contributed by atoms with Crippen LogP contribution in [0, 0.1) is 0 Å². The molecule has 0 saturated carbocycles. The number of rotatable bonds is 6. The molecule has 0 aliphatic carbocycles. The van der Waals surface area contributed by atoms with Crippen molar-refractivity contribution in [3.63, 3.8) is 0 Å². The van der Waals surface area contributed by atoms with Crippen LogP contribution in [-0.4, -0.2) is 38.2 Å². The van der Waals surface area contributed by atoms with Crippen LogP contribution in [0.2, 0.25) is 0 Å². The molecule has 0 spiro atoms. The highest BCUT2D eigenvalue weighted by molar-refractivity contribution is 5.99. The summed E-state index contributed by atoms with van der Waals surface area (Å²) in [6.45, 7) is 0.988. The monoisotopic (exact) mass is 379 g/mol. The normalized spacial score (nSPS) is 15.9. The Morgan fingerprint density at radius 1 is 1.04 bits per heavy atom. The molecule has 1 aliphatic rings. The molecule has 0 radical (unpaired) electrons. The zero-order valence-corrected chi connectivity index (χ0v) is 15.8. The molecule has 0 N–H and O–H groups in total. The Kier molecular flexibility index (Phi) is 4.88.